The minimum absolute atomic E-state index is 0.0507. The van der Waals surface area contributed by atoms with E-state index < -0.39 is 5.54 Å². The quantitative estimate of drug-likeness (QED) is 0.776. The first-order valence-corrected chi connectivity index (χ1v) is 10.1. The summed E-state index contributed by atoms with van der Waals surface area (Å²) in [4.78, 5) is 30.9. The number of methoxy groups -OCH3 is 1. The zero-order chi connectivity index (χ0) is 21.2. The summed E-state index contributed by atoms with van der Waals surface area (Å²) in [5.74, 6) is 0.827. The van der Waals surface area contributed by atoms with Crippen LogP contribution in [0.25, 0.3) is 5.57 Å². The molecule has 0 aliphatic carbocycles. The molecule has 7 heteroatoms. The summed E-state index contributed by atoms with van der Waals surface area (Å²) in [7, 11) is 1.65. The van der Waals surface area contributed by atoms with E-state index in [0.29, 0.717) is 39.3 Å². The van der Waals surface area contributed by atoms with Crippen LogP contribution >= 0.6 is 0 Å². The zero-order valence-corrected chi connectivity index (χ0v) is 18.0. The fourth-order valence-corrected chi connectivity index (χ4v) is 4.16. The number of fused-ring (bicyclic) bond motifs is 1. The van der Waals surface area contributed by atoms with Crippen molar-refractivity contribution in [3.05, 3.63) is 29.8 Å². The van der Waals surface area contributed by atoms with E-state index >= 15 is 0 Å². The number of ether oxygens (including phenoxy) is 2. The fraction of sp³-hybridized carbons (Fsp3) is 0.545. The lowest BCUT2D eigenvalue weighted by Crippen LogP contribution is -2.55. The molecule has 1 saturated heterocycles. The third-order valence-corrected chi connectivity index (χ3v) is 5.52. The third-order valence-electron chi connectivity index (χ3n) is 5.52. The van der Waals surface area contributed by atoms with Crippen LogP contribution in [0, 0.1) is 0 Å². The normalized spacial score (nSPS) is 18.7. The van der Waals surface area contributed by atoms with Crippen molar-refractivity contribution in [1.29, 1.82) is 0 Å². The molecule has 0 radical (unpaired) electrons. The number of carbonyl (C=O) groups excluding carboxylic acids is 2. The molecule has 2 aliphatic rings. The lowest BCUT2D eigenvalue weighted by molar-refractivity contribution is -0.120. The van der Waals surface area contributed by atoms with Crippen LogP contribution in [-0.4, -0.2) is 73.8 Å². The molecule has 1 aromatic rings. The SMILES string of the molecule is CCOC(=O)N1CCN(CC(=O)N2c3ccc(OC)cc3C(C)=CC2(C)C)CC1. The second-order valence-electron chi connectivity index (χ2n) is 8.06. The van der Waals surface area contributed by atoms with Crippen molar-refractivity contribution in [1.82, 2.24) is 9.80 Å². The van der Waals surface area contributed by atoms with Crippen LogP contribution in [0.2, 0.25) is 0 Å². The number of allylic oxidation sites excluding steroid dienone is 1. The van der Waals surface area contributed by atoms with Gasteiger partial charge < -0.3 is 19.3 Å². The molecule has 2 heterocycles. The van der Waals surface area contributed by atoms with Crippen LogP contribution < -0.4 is 9.64 Å². The molecule has 1 aromatic carbocycles. The fourth-order valence-electron chi connectivity index (χ4n) is 4.16. The molecule has 0 atom stereocenters. The van der Waals surface area contributed by atoms with Crippen LogP contribution in [0.1, 0.15) is 33.3 Å². The minimum atomic E-state index is -0.421. The van der Waals surface area contributed by atoms with Gasteiger partial charge in [0.25, 0.3) is 0 Å². The Hall–Kier alpha value is -2.54. The summed E-state index contributed by atoms with van der Waals surface area (Å²) >= 11 is 0. The number of hydrogen-bond donors (Lipinski definition) is 0. The molecule has 1 fully saturated rings. The van der Waals surface area contributed by atoms with E-state index in [9.17, 15) is 9.59 Å². The van der Waals surface area contributed by atoms with Crippen LogP contribution in [0.3, 0.4) is 0 Å². The van der Waals surface area contributed by atoms with Gasteiger partial charge >= 0.3 is 6.09 Å². The van der Waals surface area contributed by atoms with E-state index in [2.05, 4.69) is 31.7 Å². The van der Waals surface area contributed by atoms with E-state index in [-0.39, 0.29) is 12.0 Å². The molecule has 0 N–H and O–H groups in total. The van der Waals surface area contributed by atoms with Crippen molar-refractivity contribution in [2.45, 2.75) is 33.2 Å². The monoisotopic (exact) mass is 401 g/mol. The van der Waals surface area contributed by atoms with Crippen LogP contribution in [0.4, 0.5) is 10.5 Å². The molecule has 0 spiro atoms. The van der Waals surface area contributed by atoms with Gasteiger partial charge in [-0.25, -0.2) is 4.79 Å². The number of anilines is 1. The molecular formula is C22H31N3O4. The molecule has 29 heavy (non-hydrogen) atoms. The molecule has 2 amide bonds. The average Bonchev–Trinajstić information content (AvgIpc) is 2.67. The highest BCUT2D eigenvalue weighted by atomic mass is 16.6. The summed E-state index contributed by atoms with van der Waals surface area (Å²) < 4.78 is 10.4. The standard InChI is InChI=1S/C22H31N3O4/c1-6-29-21(27)24-11-9-23(10-12-24)15-20(26)25-19-8-7-17(28-5)13-18(19)16(2)14-22(25,3)4/h7-8,13-14H,6,9-12,15H2,1-5H3. The predicted molar refractivity (Wildman–Crippen MR) is 113 cm³/mol. The molecule has 2 aliphatic heterocycles. The van der Waals surface area contributed by atoms with Gasteiger partial charge in [-0.15, -0.1) is 0 Å². The highest BCUT2D eigenvalue weighted by Gasteiger charge is 2.36. The lowest BCUT2D eigenvalue weighted by atomic mass is 9.88. The van der Waals surface area contributed by atoms with Crippen molar-refractivity contribution in [3.8, 4) is 5.75 Å². The molecule has 7 nitrogen and oxygen atoms in total. The summed E-state index contributed by atoms with van der Waals surface area (Å²) in [6, 6.07) is 5.84. The smallest absolute Gasteiger partial charge is 0.409 e. The van der Waals surface area contributed by atoms with Crippen molar-refractivity contribution >= 4 is 23.3 Å². The summed E-state index contributed by atoms with van der Waals surface area (Å²) in [6.07, 6.45) is 1.85. The zero-order valence-electron chi connectivity index (χ0n) is 18.0. The Morgan fingerprint density at radius 1 is 1.14 bits per heavy atom. The van der Waals surface area contributed by atoms with Crippen LogP contribution in [0.5, 0.6) is 5.75 Å². The Morgan fingerprint density at radius 3 is 2.45 bits per heavy atom. The molecule has 0 bridgehead atoms. The maximum atomic E-state index is 13.3. The van der Waals surface area contributed by atoms with Crippen molar-refractivity contribution in [2.75, 3.05) is 51.3 Å². The largest absolute Gasteiger partial charge is 0.497 e. The number of hydrogen-bond acceptors (Lipinski definition) is 5. The number of benzene rings is 1. The van der Waals surface area contributed by atoms with Crippen molar-refractivity contribution in [3.63, 3.8) is 0 Å². The van der Waals surface area contributed by atoms with Crippen LogP contribution in [0.15, 0.2) is 24.3 Å². The Labute approximate surface area is 172 Å². The number of nitrogens with zero attached hydrogens (tertiary/aromatic N) is 3. The van der Waals surface area contributed by atoms with E-state index in [4.69, 9.17) is 9.47 Å². The Bertz CT molecular complexity index is 810. The van der Waals surface area contributed by atoms with E-state index in [1.807, 2.05) is 23.1 Å². The van der Waals surface area contributed by atoms with E-state index in [0.717, 1.165) is 22.6 Å². The number of amides is 2. The Kier molecular flexibility index (Phi) is 6.17. The van der Waals surface area contributed by atoms with Gasteiger partial charge in [0.15, 0.2) is 0 Å². The topological polar surface area (TPSA) is 62.3 Å². The maximum Gasteiger partial charge on any atom is 0.409 e. The van der Waals surface area contributed by atoms with Gasteiger partial charge in [0.2, 0.25) is 5.91 Å². The van der Waals surface area contributed by atoms with Crippen molar-refractivity contribution in [2.24, 2.45) is 0 Å². The first-order chi connectivity index (χ1) is 13.8. The minimum Gasteiger partial charge on any atom is -0.497 e. The molecule has 0 saturated carbocycles. The summed E-state index contributed by atoms with van der Waals surface area (Å²) in [5.41, 5.74) is 2.64. The molecule has 3 rings (SSSR count). The van der Waals surface area contributed by atoms with Gasteiger partial charge in [-0.05, 0) is 51.5 Å². The first kappa shape index (κ1) is 21.2. The maximum absolute atomic E-state index is 13.3. The van der Waals surface area contributed by atoms with E-state index in [1.165, 1.54) is 0 Å². The van der Waals surface area contributed by atoms with Gasteiger partial charge in [-0.3, -0.25) is 9.69 Å². The average molecular weight is 402 g/mol. The molecule has 0 unspecified atom stereocenters. The summed E-state index contributed by atoms with van der Waals surface area (Å²) in [6.45, 7) is 11.1. The Morgan fingerprint density at radius 2 is 1.83 bits per heavy atom. The van der Waals surface area contributed by atoms with Gasteiger partial charge in [-0.2, -0.15) is 0 Å². The number of carbonyl (C=O) groups is 2. The highest BCUT2D eigenvalue weighted by Crippen LogP contribution is 2.40. The van der Waals surface area contributed by atoms with Gasteiger partial charge in [0.1, 0.15) is 5.75 Å². The van der Waals surface area contributed by atoms with E-state index in [1.54, 1.807) is 18.9 Å². The summed E-state index contributed by atoms with van der Waals surface area (Å²) in [5, 5.41) is 0. The third kappa shape index (κ3) is 4.40. The van der Waals surface area contributed by atoms with Crippen LogP contribution in [-0.2, 0) is 9.53 Å². The van der Waals surface area contributed by atoms with Gasteiger partial charge in [0, 0.05) is 31.7 Å². The lowest BCUT2D eigenvalue weighted by Gasteiger charge is -2.43. The number of piperazine rings is 1. The number of rotatable bonds is 4. The molecule has 0 aromatic heterocycles. The van der Waals surface area contributed by atoms with Crippen molar-refractivity contribution < 1.29 is 19.1 Å². The predicted octanol–water partition coefficient (Wildman–Crippen LogP) is 3.00. The Balaban J connectivity index is 1.73. The highest BCUT2D eigenvalue weighted by molar-refractivity contribution is 6.01. The molecule has 158 valence electrons. The van der Waals surface area contributed by atoms with Gasteiger partial charge in [0.05, 0.1) is 31.5 Å². The second kappa shape index (κ2) is 8.45. The van der Waals surface area contributed by atoms with Gasteiger partial charge in [-0.1, -0.05) is 6.08 Å². The second-order valence-corrected chi connectivity index (χ2v) is 8.06. The molecular weight excluding hydrogens is 370 g/mol. The first-order valence-electron chi connectivity index (χ1n) is 10.1.